The summed E-state index contributed by atoms with van der Waals surface area (Å²) in [7, 11) is 0. The van der Waals surface area contributed by atoms with Crippen molar-refractivity contribution >= 4 is 6.29 Å². The van der Waals surface area contributed by atoms with Crippen LogP contribution in [0.25, 0.3) is 0 Å². The lowest BCUT2D eigenvalue weighted by molar-refractivity contribution is -0.427. The summed E-state index contributed by atoms with van der Waals surface area (Å²) in [4.78, 5) is 20.9. The van der Waals surface area contributed by atoms with Crippen molar-refractivity contribution in [3.05, 3.63) is 70.5 Å². The molecule has 0 N–H and O–H groups in total. The van der Waals surface area contributed by atoms with Gasteiger partial charge in [0.1, 0.15) is 6.29 Å². The zero-order valence-corrected chi connectivity index (χ0v) is 16.0. The molecule has 0 aliphatic carbocycles. The fourth-order valence-electron chi connectivity index (χ4n) is 2.19. The molecule has 0 heterocycles. The number of nitrogens with zero attached hydrogens (tertiary/aromatic N) is 1. The van der Waals surface area contributed by atoms with Crippen LogP contribution in [0.15, 0.2) is 60.4 Å². The quantitative estimate of drug-likeness (QED) is 0.104. The number of hydrogen-bond donors (Lipinski definition) is 0. The van der Waals surface area contributed by atoms with Gasteiger partial charge >= 0.3 is 0 Å². The number of unbranched alkanes of at least 4 members (excludes halogenated alkanes) is 4. The van der Waals surface area contributed by atoms with Gasteiger partial charge in [0.25, 0.3) is 0 Å². The highest BCUT2D eigenvalue weighted by Crippen LogP contribution is 2.07. The van der Waals surface area contributed by atoms with Gasteiger partial charge in [-0.05, 0) is 44.6 Å². The molecule has 0 aromatic carbocycles. The molecule has 0 unspecified atom stereocenters. The number of carbonyl (C=O) groups is 1. The lowest BCUT2D eigenvalue weighted by atomic mass is 10.2. The van der Waals surface area contributed by atoms with Gasteiger partial charge in [-0.15, -0.1) is 0 Å². The van der Waals surface area contributed by atoms with Crippen LogP contribution in [0.1, 0.15) is 71.1 Å². The molecular weight excluding hydrogens is 326 g/mol. The molecule has 4 heteroatoms. The van der Waals surface area contributed by atoms with Crippen molar-refractivity contribution < 1.29 is 9.72 Å². The fraction of sp³-hybridized carbons (Fsp3) is 0.500. The van der Waals surface area contributed by atoms with E-state index in [2.05, 4.69) is 19.1 Å². The van der Waals surface area contributed by atoms with Crippen molar-refractivity contribution in [3.63, 3.8) is 0 Å². The van der Waals surface area contributed by atoms with Gasteiger partial charge in [-0.3, -0.25) is 10.1 Å². The van der Waals surface area contributed by atoms with Crippen LogP contribution >= 0.6 is 0 Å². The highest BCUT2D eigenvalue weighted by atomic mass is 16.6. The van der Waals surface area contributed by atoms with Gasteiger partial charge in [0, 0.05) is 6.42 Å². The van der Waals surface area contributed by atoms with Crippen molar-refractivity contribution in [2.75, 3.05) is 0 Å². The van der Waals surface area contributed by atoms with E-state index in [1.165, 1.54) is 19.3 Å². The molecule has 0 rings (SSSR count). The van der Waals surface area contributed by atoms with E-state index >= 15 is 0 Å². The van der Waals surface area contributed by atoms with Crippen molar-refractivity contribution in [1.29, 1.82) is 0 Å². The van der Waals surface area contributed by atoms with Gasteiger partial charge < -0.3 is 4.79 Å². The molecule has 0 aliphatic rings. The topological polar surface area (TPSA) is 60.2 Å². The molecule has 26 heavy (non-hydrogen) atoms. The maximum Gasteiger partial charge on any atom is 0.246 e. The summed E-state index contributed by atoms with van der Waals surface area (Å²) < 4.78 is 0. The van der Waals surface area contributed by atoms with Crippen LogP contribution in [0.5, 0.6) is 0 Å². The minimum Gasteiger partial charge on any atom is -0.303 e. The first-order chi connectivity index (χ1) is 12.7. The predicted octanol–water partition coefficient (Wildman–Crippen LogP) is 6.49. The van der Waals surface area contributed by atoms with Gasteiger partial charge in [-0.1, -0.05) is 68.4 Å². The van der Waals surface area contributed by atoms with Gasteiger partial charge in [-0.25, -0.2) is 0 Å². The van der Waals surface area contributed by atoms with E-state index in [1.54, 1.807) is 6.08 Å². The molecule has 0 atom stereocenters. The molecule has 144 valence electrons. The number of allylic oxidation sites excluding steroid dienone is 9. The van der Waals surface area contributed by atoms with E-state index < -0.39 is 0 Å². The maximum absolute atomic E-state index is 11.1. The predicted molar refractivity (Wildman–Crippen MR) is 110 cm³/mol. The molecule has 0 fully saturated rings. The Balaban J connectivity index is 4.02. The van der Waals surface area contributed by atoms with E-state index in [-0.39, 0.29) is 10.6 Å². The zero-order chi connectivity index (χ0) is 19.3. The molecule has 0 aromatic heterocycles. The summed E-state index contributed by atoms with van der Waals surface area (Å²) in [5.74, 6) is 0. The van der Waals surface area contributed by atoms with Gasteiger partial charge in [-0.2, -0.15) is 0 Å². The third-order valence-corrected chi connectivity index (χ3v) is 3.69. The molecule has 0 aromatic rings. The van der Waals surface area contributed by atoms with Crippen molar-refractivity contribution in [2.24, 2.45) is 0 Å². The van der Waals surface area contributed by atoms with Crippen LogP contribution in [0, 0.1) is 10.1 Å². The standard InChI is InChI=1S/C22H33NO3/c1-2-3-4-5-10-13-16-19-22(23(25)26)20-17-14-11-8-6-7-9-12-15-18-21-24/h6,8-10,12-14,17,19,21H,2-5,7,11,15-16,18,20H2,1H3/b8-6-,12-9-,13-10-,17-14-,22-19+. The number of carbonyl (C=O) groups excluding carboxylic acids is 1. The second-order valence-corrected chi connectivity index (χ2v) is 5.99. The molecule has 0 bridgehead atoms. The molecule has 0 amide bonds. The highest BCUT2D eigenvalue weighted by molar-refractivity contribution is 5.49. The summed E-state index contributed by atoms with van der Waals surface area (Å²) in [6.07, 6.45) is 27.3. The molecule has 0 saturated carbocycles. The molecular formula is C22H33NO3. The largest absolute Gasteiger partial charge is 0.303 e. The fourth-order valence-corrected chi connectivity index (χ4v) is 2.19. The van der Waals surface area contributed by atoms with Crippen LogP contribution in [0.3, 0.4) is 0 Å². The Kier molecular flexibility index (Phi) is 17.5. The first-order valence-electron chi connectivity index (χ1n) is 9.59. The summed E-state index contributed by atoms with van der Waals surface area (Å²) in [5, 5.41) is 11.1. The number of hydrogen-bond acceptors (Lipinski definition) is 3. The third kappa shape index (κ3) is 16.6. The van der Waals surface area contributed by atoms with Crippen LogP contribution in [-0.2, 0) is 4.79 Å². The Morgan fingerprint density at radius 1 is 0.808 bits per heavy atom. The zero-order valence-electron chi connectivity index (χ0n) is 16.0. The summed E-state index contributed by atoms with van der Waals surface area (Å²) in [5.41, 5.74) is 0.251. The Labute approximate surface area is 158 Å². The van der Waals surface area contributed by atoms with E-state index in [1.807, 2.05) is 36.5 Å². The Hall–Kier alpha value is -2.23. The van der Waals surface area contributed by atoms with Gasteiger partial charge in [0.15, 0.2) is 0 Å². The minimum absolute atomic E-state index is 0.251. The summed E-state index contributed by atoms with van der Waals surface area (Å²) in [6, 6.07) is 0. The number of nitro groups is 1. The Morgan fingerprint density at radius 3 is 2.08 bits per heavy atom. The Morgan fingerprint density at radius 2 is 1.42 bits per heavy atom. The lowest BCUT2D eigenvalue weighted by Gasteiger charge is -1.94. The van der Waals surface area contributed by atoms with Crippen LogP contribution in [-0.4, -0.2) is 11.2 Å². The second-order valence-electron chi connectivity index (χ2n) is 5.99. The van der Waals surface area contributed by atoms with Gasteiger partial charge in [0.05, 0.1) is 11.3 Å². The maximum atomic E-state index is 11.1. The normalized spacial score (nSPS) is 12.9. The Bertz CT molecular complexity index is 513. The van der Waals surface area contributed by atoms with E-state index in [0.29, 0.717) is 19.3 Å². The lowest BCUT2D eigenvalue weighted by Crippen LogP contribution is -1.97. The number of aldehydes is 1. The van der Waals surface area contributed by atoms with E-state index in [9.17, 15) is 14.9 Å². The van der Waals surface area contributed by atoms with Crippen molar-refractivity contribution in [2.45, 2.75) is 71.1 Å². The highest BCUT2D eigenvalue weighted by Gasteiger charge is 2.06. The average Bonchev–Trinajstić information content (AvgIpc) is 2.63. The molecule has 0 radical (unpaired) electrons. The van der Waals surface area contributed by atoms with Crippen LogP contribution < -0.4 is 0 Å². The average molecular weight is 360 g/mol. The molecule has 0 saturated heterocycles. The minimum atomic E-state index is -0.296. The first kappa shape index (κ1) is 23.8. The van der Waals surface area contributed by atoms with Crippen molar-refractivity contribution in [1.82, 2.24) is 0 Å². The first-order valence-corrected chi connectivity index (χ1v) is 9.59. The van der Waals surface area contributed by atoms with Gasteiger partial charge in [0.2, 0.25) is 5.70 Å². The van der Waals surface area contributed by atoms with Crippen LogP contribution in [0.4, 0.5) is 0 Å². The summed E-state index contributed by atoms with van der Waals surface area (Å²) in [6.45, 7) is 2.17. The smallest absolute Gasteiger partial charge is 0.246 e. The summed E-state index contributed by atoms with van der Waals surface area (Å²) >= 11 is 0. The van der Waals surface area contributed by atoms with Crippen LogP contribution in [0.2, 0.25) is 0 Å². The monoisotopic (exact) mass is 359 g/mol. The third-order valence-electron chi connectivity index (χ3n) is 3.69. The van der Waals surface area contributed by atoms with E-state index in [0.717, 1.165) is 32.0 Å². The van der Waals surface area contributed by atoms with E-state index in [4.69, 9.17) is 0 Å². The molecule has 4 nitrogen and oxygen atoms in total. The molecule has 0 spiro atoms. The second kappa shape index (κ2) is 19.1. The number of rotatable bonds is 16. The molecule has 0 aliphatic heterocycles. The SMILES string of the molecule is CCCCC/C=C\C/C=C(\C/C=C\C/C=C\C/C=C\CCC=O)[N+](=O)[O-]. The van der Waals surface area contributed by atoms with Crippen molar-refractivity contribution in [3.8, 4) is 0 Å².